The fourth-order valence-corrected chi connectivity index (χ4v) is 2.31. The largest absolute Gasteiger partial charge is 0.399 e. The molecule has 76 valence electrons. The average molecular weight is 213 g/mol. The lowest BCUT2D eigenvalue weighted by molar-refractivity contribution is 0.484. The molecule has 0 spiro atoms. The minimum atomic E-state index is -3.39. The van der Waals surface area contributed by atoms with Crippen LogP contribution in [0.4, 0.5) is 5.69 Å². The van der Waals surface area contributed by atoms with Gasteiger partial charge in [-0.25, -0.2) is 0 Å². The SMILES string of the molecule is Nc1ccc(OS(=O)(=O)C2CC2)cc1. The summed E-state index contributed by atoms with van der Waals surface area (Å²) in [5.41, 5.74) is 6.04. The van der Waals surface area contributed by atoms with E-state index in [4.69, 9.17) is 9.92 Å². The molecule has 4 nitrogen and oxygen atoms in total. The van der Waals surface area contributed by atoms with Crippen LogP contribution in [0.15, 0.2) is 24.3 Å². The normalized spacial score (nSPS) is 16.6. The second-order valence-electron chi connectivity index (χ2n) is 3.34. The molecule has 1 aliphatic rings. The number of benzene rings is 1. The second-order valence-corrected chi connectivity index (χ2v) is 5.16. The number of nitrogens with two attached hydrogens (primary N) is 1. The molecule has 1 saturated carbocycles. The van der Waals surface area contributed by atoms with Crippen LogP contribution < -0.4 is 9.92 Å². The van der Waals surface area contributed by atoms with Crippen molar-refractivity contribution >= 4 is 15.8 Å². The van der Waals surface area contributed by atoms with Crippen molar-refractivity contribution in [2.24, 2.45) is 0 Å². The number of hydrogen-bond acceptors (Lipinski definition) is 4. The summed E-state index contributed by atoms with van der Waals surface area (Å²) in [5.74, 6) is 0.325. The summed E-state index contributed by atoms with van der Waals surface area (Å²) in [6, 6.07) is 6.32. The Balaban J connectivity index is 2.14. The Kier molecular flexibility index (Phi) is 2.11. The third-order valence-corrected chi connectivity index (χ3v) is 3.74. The Morgan fingerprint density at radius 2 is 1.79 bits per heavy atom. The number of anilines is 1. The van der Waals surface area contributed by atoms with E-state index in [9.17, 15) is 8.42 Å². The lowest BCUT2D eigenvalue weighted by Crippen LogP contribution is -2.14. The number of nitrogen functional groups attached to an aromatic ring is 1. The molecule has 14 heavy (non-hydrogen) atoms. The maximum atomic E-state index is 11.4. The molecule has 0 amide bonds. The average Bonchev–Trinajstić information content (AvgIpc) is 2.91. The molecule has 0 aromatic heterocycles. The van der Waals surface area contributed by atoms with E-state index in [2.05, 4.69) is 0 Å². The standard InChI is InChI=1S/C9H11NO3S/c10-7-1-3-8(4-2-7)13-14(11,12)9-5-6-9/h1-4,9H,5-6,10H2. The zero-order valence-electron chi connectivity index (χ0n) is 7.51. The highest BCUT2D eigenvalue weighted by molar-refractivity contribution is 7.88. The van der Waals surface area contributed by atoms with Crippen molar-refractivity contribution in [1.29, 1.82) is 0 Å². The van der Waals surface area contributed by atoms with Gasteiger partial charge in [0.15, 0.2) is 0 Å². The van der Waals surface area contributed by atoms with Gasteiger partial charge in [-0.3, -0.25) is 0 Å². The van der Waals surface area contributed by atoms with E-state index in [1.54, 1.807) is 24.3 Å². The fourth-order valence-electron chi connectivity index (χ4n) is 1.08. The molecular formula is C9H11NO3S. The molecule has 1 aliphatic carbocycles. The predicted molar refractivity (Wildman–Crippen MR) is 53.4 cm³/mol. The first-order chi connectivity index (χ1) is 6.58. The Morgan fingerprint density at radius 3 is 2.29 bits per heavy atom. The third-order valence-electron chi connectivity index (χ3n) is 2.03. The minimum Gasteiger partial charge on any atom is -0.399 e. The lowest BCUT2D eigenvalue weighted by Gasteiger charge is -2.05. The minimum absolute atomic E-state index is 0.306. The summed E-state index contributed by atoms with van der Waals surface area (Å²) in [5, 5.41) is -0.306. The van der Waals surface area contributed by atoms with Crippen LogP contribution in [-0.2, 0) is 10.1 Å². The van der Waals surface area contributed by atoms with Gasteiger partial charge in [-0.15, -0.1) is 0 Å². The molecule has 1 fully saturated rings. The predicted octanol–water partition coefficient (Wildman–Crippen LogP) is 1.14. The van der Waals surface area contributed by atoms with E-state index in [1.807, 2.05) is 0 Å². The highest BCUT2D eigenvalue weighted by Gasteiger charge is 2.37. The first kappa shape index (κ1) is 9.33. The van der Waals surface area contributed by atoms with Gasteiger partial charge in [-0.05, 0) is 37.1 Å². The van der Waals surface area contributed by atoms with E-state index in [1.165, 1.54) is 0 Å². The van der Waals surface area contributed by atoms with Crippen molar-refractivity contribution < 1.29 is 12.6 Å². The highest BCUT2D eigenvalue weighted by atomic mass is 32.2. The summed E-state index contributed by atoms with van der Waals surface area (Å²) in [4.78, 5) is 0. The maximum absolute atomic E-state index is 11.4. The quantitative estimate of drug-likeness (QED) is 0.603. The van der Waals surface area contributed by atoms with Gasteiger partial charge >= 0.3 is 10.1 Å². The van der Waals surface area contributed by atoms with E-state index < -0.39 is 10.1 Å². The molecule has 0 aliphatic heterocycles. The Morgan fingerprint density at radius 1 is 1.21 bits per heavy atom. The van der Waals surface area contributed by atoms with Crippen LogP contribution in [0.5, 0.6) is 5.75 Å². The zero-order chi connectivity index (χ0) is 10.2. The molecule has 0 heterocycles. The monoisotopic (exact) mass is 213 g/mol. The molecule has 0 atom stereocenters. The maximum Gasteiger partial charge on any atom is 0.312 e. The van der Waals surface area contributed by atoms with Crippen LogP contribution in [0.1, 0.15) is 12.8 Å². The van der Waals surface area contributed by atoms with E-state index in [-0.39, 0.29) is 5.25 Å². The Bertz CT molecular complexity index is 420. The molecule has 0 saturated heterocycles. The molecule has 0 radical (unpaired) electrons. The first-order valence-electron chi connectivity index (χ1n) is 4.37. The van der Waals surface area contributed by atoms with E-state index >= 15 is 0 Å². The van der Waals surface area contributed by atoms with Crippen molar-refractivity contribution in [3.63, 3.8) is 0 Å². The fraction of sp³-hybridized carbons (Fsp3) is 0.333. The van der Waals surface area contributed by atoms with Crippen LogP contribution in [0.3, 0.4) is 0 Å². The smallest absolute Gasteiger partial charge is 0.312 e. The molecule has 0 unspecified atom stereocenters. The van der Waals surface area contributed by atoms with E-state index in [0.29, 0.717) is 24.3 Å². The van der Waals surface area contributed by atoms with E-state index in [0.717, 1.165) is 0 Å². The van der Waals surface area contributed by atoms with Crippen molar-refractivity contribution in [3.05, 3.63) is 24.3 Å². The summed E-state index contributed by atoms with van der Waals surface area (Å²) >= 11 is 0. The summed E-state index contributed by atoms with van der Waals surface area (Å²) in [7, 11) is -3.39. The van der Waals surface area contributed by atoms with Gasteiger partial charge in [0.1, 0.15) is 5.75 Å². The molecule has 2 N–H and O–H groups in total. The third kappa shape index (κ3) is 1.98. The van der Waals surface area contributed by atoms with Crippen molar-refractivity contribution in [2.45, 2.75) is 18.1 Å². The topological polar surface area (TPSA) is 69.4 Å². The van der Waals surface area contributed by atoms with Gasteiger partial charge in [-0.1, -0.05) is 0 Å². The number of rotatable bonds is 3. The molecule has 0 bridgehead atoms. The van der Waals surface area contributed by atoms with Crippen LogP contribution in [0, 0.1) is 0 Å². The van der Waals surface area contributed by atoms with Gasteiger partial charge < -0.3 is 9.92 Å². The van der Waals surface area contributed by atoms with Crippen molar-refractivity contribution in [2.75, 3.05) is 5.73 Å². The van der Waals surface area contributed by atoms with Crippen LogP contribution in [-0.4, -0.2) is 13.7 Å². The van der Waals surface area contributed by atoms with Gasteiger partial charge in [0.2, 0.25) is 0 Å². The molecule has 1 aromatic carbocycles. The van der Waals surface area contributed by atoms with Crippen LogP contribution in [0.2, 0.25) is 0 Å². The first-order valence-corrected chi connectivity index (χ1v) is 5.84. The summed E-state index contributed by atoms with van der Waals surface area (Å²) < 4.78 is 27.7. The van der Waals surface area contributed by atoms with Crippen LogP contribution in [0.25, 0.3) is 0 Å². The highest BCUT2D eigenvalue weighted by Crippen LogP contribution is 2.30. The Labute approximate surface area is 82.8 Å². The Hall–Kier alpha value is -1.23. The van der Waals surface area contributed by atoms with Gasteiger partial charge in [0.05, 0.1) is 5.25 Å². The van der Waals surface area contributed by atoms with Crippen molar-refractivity contribution in [3.8, 4) is 5.75 Å². The van der Waals surface area contributed by atoms with Gasteiger partial charge in [-0.2, -0.15) is 8.42 Å². The van der Waals surface area contributed by atoms with Crippen molar-refractivity contribution in [1.82, 2.24) is 0 Å². The summed E-state index contributed by atoms with van der Waals surface area (Å²) in [6.45, 7) is 0. The van der Waals surface area contributed by atoms with Gasteiger partial charge in [0, 0.05) is 5.69 Å². The van der Waals surface area contributed by atoms with Crippen LogP contribution >= 0.6 is 0 Å². The molecule has 2 rings (SSSR count). The van der Waals surface area contributed by atoms with Gasteiger partial charge in [0.25, 0.3) is 0 Å². The zero-order valence-corrected chi connectivity index (χ0v) is 8.33. The summed E-state index contributed by atoms with van der Waals surface area (Å²) in [6.07, 6.45) is 1.41. The lowest BCUT2D eigenvalue weighted by atomic mass is 10.3. The second kappa shape index (κ2) is 3.16. The molecular weight excluding hydrogens is 202 g/mol. The number of hydrogen-bond donors (Lipinski definition) is 1. The molecule has 1 aromatic rings. The molecule has 5 heteroatoms.